The first-order valence-electron chi connectivity index (χ1n) is 8.67. The predicted molar refractivity (Wildman–Crippen MR) is 106 cm³/mol. The number of rotatable bonds is 8. The van der Waals surface area contributed by atoms with Gasteiger partial charge in [0, 0.05) is 44.7 Å². The zero-order valence-electron chi connectivity index (χ0n) is 15.6. The molecule has 0 fully saturated rings. The Morgan fingerprint density at radius 2 is 2.08 bits per heavy atom. The topological polar surface area (TPSA) is 49.8 Å². The van der Waals surface area contributed by atoms with E-state index in [2.05, 4.69) is 44.8 Å². The molecular weight excluding hydrogens is 332 g/mol. The van der Waals surface area contributed by atoms with E-state index in [0.29, 0.717) is 6.61 Å². The minimum atomic E-state index is 0.691. The average Bonchev–Trinajstić information content (AvgIpc) is 3.02. The van der Waals surface area contributed by atoms with E-state index in [1.165, 1.54) is 10.6 Å². The maximum atomic E-state index is 5.48. The van der Waals surface area contributed by atoms with E-state index in [4.69, 9.17) is 4.74 Å². The molecule has 5 nitrogen and oxygen atoms in total. The molecule has 25 heavy (non-hydrogen) atoms. The molecule has 0 aliphatic heterocycles. The van der Waals surface area contributed by atoms with Crippen LogP contribution in [0, 0.1) is 6.92 Å². The zero-order valence-corrected chi connectivity index (χ0v) is 16.4. The normalized spacial score (nSPS) is 11.4. The molecule has 0 aliphatic carbocycles. The summed E-state index contributed by atoms with van der Waals surface area (Å²) in [7, 11) is 3.87. The van der Waals surface area contributed by atoms with Crippen molar-refractivity contribution in [2.24, 2.45) is 4.99 Å². The van der Waals surface area contributed by atoms with Crippen molar-refractivity contribution in [2.45, 2.75) is 33.2 Å². The van der Waals surface area contributed by atoms with Gasteiger partial charge in [-0.1, -0.05) is 12.1 Å². The third-order valence-corrected chi connectivity index (χ3v) is 4.77. The molecule has 0 aliphatic rings. The van der Waals surface area contributed by atoms with Crippen LogP contribution in [0.4, 0.5) is 0 Å². The number of aliphatic imine (C=N–C) groups is 1. The van der Waals surface area contributed by atoms with Gasteiger partial charge in [0.2, 0.25) is 0 Å². The number of nitrogens with zero attached hydrogens (tertiary/aromatic N) is 3. The fourth-order valence-corrected chi connectivity index (χ4v) is 3.37. The van der Waals surface area contributed by atoms with Crippen LogP contribution < -0.4 is 10.1 Å². The Kier molecular flexibility index (Phi) is 7.73. The second kappa shape index (κ2) is 10.0. The Labute approximate surface area is 154 Å². The fourth-order valence-electron chi connectivity index (χ4n) is 2.55. The summed E-state index contributed by atoms with van der Waals surface area (Å²) in [6, 6.07) is 8.22. The van der Waals surface area contributed by atoms with E-state index in [0.717, 1.165) is 43.3 Å². The van der Waals surface area contributed by atoms with Crippen LogP contribution in [0.1, 0.15) is 29.6 Å². The van der Waals surface area contributed by atoms with Crippen LogP contribution in [0.3, 0.4) is 0 Å². The molecule has 2 rings (SSSR count). The van der Waals surface area contributed by atoms with Crippen LogP contribution in [0.5, 0.6) is 5.75 Å². The van der Waals surface area contributed by atoms with Gasteiger partial charge in [-0.15, -0.1) is 11.3 Å². The van der Waals surface area contributed by atoms with Gasteiger partial charge in [-0.3, -0.25) is 4.99 Å². The lowest BCUT2D eigenvalue weighted by atomic mass is 10.2. The molecule has 0 radical (unpaired) electrons. The van der Waals surface area contributed by atoms with E-state index in [1.807, 2.05) is 33.0 Å². The lowest BCUT2D eigenvalue weighted by Gasteiger charge is -2.22. The maximum Gasteiger partial charge on any atom is 0.193 e. The van der Waals surface area contributed by atoms with Gasteiger partial charge >= 0.3 is 0 Å². The number of aryl methyl sites for hydroxylation is 2. The number of benzene rings is 1. The van der Waals surface area contributed by atoms with Crippen molar-refractivity contribution >= 4 is 17.3 Å². The minimum Gasteiger partial charge on any atom is -0.494 e. The smallest absolute Gasteiger partial charge is 0.193 e. The number of guanidine groups is 1. The Balaban J connectivity index is 1.76. The standard InChI is InChI=1S/C19H28N4OS/c1-5-24-17-10-8-16(9-11-17)13-23(4)19(20-3)21-12-6-7-18-22-15(2)14-25-18/h8-11,14H,5-7,12-13H2,1-4H3,(H,20,21). The van der Waals surface area contributed by atoms with Gasteiger partial charge in [0.25, 0.3) is 0 Å². The van der Waals surface area contributed by atoms with Gasteiger partial charge in [-0.25, -0.2) is 4.98 Å². The van der Waals surface area contributed by atoms with Crippen molar-refractivity contribution in [3.8, 4) is 5.75 Å². The highest BCUT2D eigenvalue weighted by atomic mass is 32.1. The van der Waals surface area contributed by atoms with Gasteiger partial charge in [-0.2, -0.15) is 0 Å². The molecule has 6 heteroatoms. The first-order chi connectivity index (χ1) is 12.1. The molecule has 0 saturated heterocycles. The van der Waals surface area contributed by atoms with Crippen LogP contribution in [0.15, 0.2) is 34.6 Å². The van der Waals surface area contributed by atoms with E-state index in [9.17, 15) is 0 Å². The van der Waals surface area contributed by atoms with Gasteiger partial charge in [-0.05, 0) is 38.0 Å². The van der Waals surface area contributed by atoms with Crippen molar-refractivity contribution in [1.29, 1.82) is 0 Å². The Morgan fingerprint density at radius 1 is 1.32 bits per heavy atom. The molecule has 0 spiro atoms. The summed E-state index contributed by atoms with van der Waals surface area (Å²) >= 11 is 1.74. The number of ether oxygens (including phenoxy) is 1. The Morgan fingerprint density at radius 3 is 2.68 bits per heavy atom. The fraction of sp³-hybridized carbons (Fsp3) is 0.474. The van der Waals surface area contributed by atoms with Gasteiger partial charge in [0.1, 0.15) is 5.75 Å². The first-order valence-corrected chi connectivity index (χ1v) is 9.55. The van der Waals surface area contributed by atoms with E-state index in [1.54, 1.807) is 11.3 Å². The average molecular weight is 361 g/mol. The largest absolute Gasteiger partial charge is 0.494 e. The summed E-state index contributed by atoms with van der Waals surface area (Å²) < 4.78 is 5.48. The van der Waals surface area contributed by atoms with Crippen molar-refractivity contribution < 1.29 is 4.74 Å². The zero-order chi connectivity index (χ0) is 18.1. The molecule has 0 amide bonds. The van der Waals surface area contributed by atoms with E-state index >= 15 is 0 Å². The molecule has 0 bridgehead atoms. The minimum absolute atomic E-state index is 0.691. The predicted octanol–water partition coefficient (Wildman–Crippen LogP) is 3.49. The van der Waals surface area contributed by atoms with E-state index in [-0.39, 0.29) is 0 Å². The highest BCUT2D eigenvalue weighted by Gasteiger charge is 2.07. The van der Waals surface area contributed by atoms with Crippen LogP contribution >= 0.6 is 11.3 Å². The van der Waals surface area contributed by atoms with Crippen molar-refractivity contribution in [3.05, 3.63) is 45.9 Å². The van der Waals surface area contributed by atoms with Crippen LogP contribution in [-0.2, 0) is 13.0 Å². The monoisotopic (exact) mass is 360 g/mol. The van der Waals surface area contributed by atoms with Crippen LogP contribution in [0.25, 0.3) is 0 Å². The summed E-state index contributed by atoms with van der Waals surface area (Å²) in [5.74, 6) is 1.82. The molecule has 0 saturated carbocycles. The molecule has 1 aromatic heterocycles. The highest BCUT2D eigenvalue weighted by molar-refractivity contribution is 7.09. The third-order valence-electron chi connectivity index (χ3n) is 3.74. The number of hydrogen-bond donors (Lipinski definition) is 1. The maximum absolute atomic E-state index is 5.48. The molecule has 136 valence electrons. The molecule has 1 aromatic carbocycles. The summed E-state index contributed by atoms with van der Waals surface area (Å²) in [4.78, 5) is 11.0. The number of nitrogens with one attached hydrogen (secondary N) is 1. The van der Waals surface area contributed by atoms with Gasteiger partial charge < -0.3 is 15.0 Å². The Hall–Kier alpha value is -2.08. The lowest BCUT2D eigenvalue weighted by Crippen LogP contribution is -2.39. The Bertz CT molecular complexity index is 666. The number of hydrogen-bond acceptors (Lipinski definition) is 4. The summed E-state index contributed by atoms with van der Waals surface area (Å²) in [6.45, 7) is 6.41. The second-order valence-corrected chi connectivity index (χ2v) is 6.84. The highest BCUT2D eigenvalue weighted by Crippen LogP contribution is 2.13. The van der Waals surface area contributed by atoms with Crippen LogP contribution in [-0.4, -0.2) is 43.1 Å². The summed E-state index contributed by atoms with van der Waals surface area (Å²) in [5.41, 5.74) is 2.34. The third kappa shape index (κ3) is 6.38. The van der Waals surface area contributed by atoms with Crippen molar-refractivity contribution in [3.63, 3.8) is 0 Å². The lowest BCUT2D eigenvalue weighted by molar-refractivity contribution is 0.340. The molecule has 1 heterocycles. The summed E-state index contributed by atoms with van der Waals surface area (Å²) in [6.07, 6.45) is 2.05. The van der Waals surface area contributed by atoms with Crippen molar-refractivity contribution in [2.75, 3.05) is 27.2 Å². The SMILES string of the molecule is CCOc1ccc(CN(C)C(=NC)NCCCc2nc(C)cs2)cc1. The molecule has 2 aromatic rings. The molecule has 1 N–H and O–H groups in total. The molecule has 0 unspecified atom stereocenters. The number of thiazole rings is 1. The molecule has 0 atom stereocenters. The molecular formula is C19H28N4OS. The number of aromatic nitrogens is 1. The summed E-state index contributed by atoms with van der Waals surface area (Å²) in [5, 5.41) is 6.74. The van der Waals surface area contributed by atoms with Crippen LogP contribution in [0.2, 0.25) is 0 Å². The van der Waals surface area contributed by atoms with Gasteiger partial charge in [0.05, 0.1) is 11.6 Å². The first kappa shape index (κ1) is 19.2. The quantitative estimate of drug-likeness (QED) is 0.445. The van der Waals surface area contributed by atoms with Crippen molar-refractivity contribution in [1.82, 2.24) is 15.2 Å². The van der Waals surface area contributed by atoms with E-state index < -0.39 is 0 Å². The van der Waals surface area contributed by atoms with Gasteiger partial charge in [0.15, 0.2) is 5.96 Å². The second-order valence-electron chi connectivity index (χ2n) is 5.89.